The van der Waals surface area contributed by atoms with Gasteiger partial charge in [0, 0.05) is 15.8 Å². The van der Waals surface area contributed by atoms with Crippen molar-refractivity contribution >= 4 is 27.7 Å². The largest absolute Gasteiger partial charge is 0.497 e. The number of nitrogens with two attached hydrogens (primary N) is 1. The Balaban J connectivity index is 1.76. The quantitative estimate of drug-likeness (QED) is 0.531. The van der Waals surface area contributed by atoms with Crippen molar-refractivity contribution in [1.29, 1.82) is 0 Å². The number of methoxy groups -OCH3 is 1. The molecule has 1 aromatic heterocycles. The summed E-state index contributed by atoms with van der Waals surface area (Å²) in [7, 11) is 1.64. The Kier molecular flexibility index (Phi) is 4.88. The number of halogens is 1. The van der Waals surface area contributed by atoms with Gasteiger partial charge < -0.3 is 10.6 Å². The van der Waals surface area contributed by atoms with Gasteiger partial charge in [-0.05, 0) is 42.0 Å². The molecule has 0 fully saturated rings. The van der Waals surface area contributed by atoms with E-state index in [1.807, 2.05) is 36.4 Å². The number of nitrogens with zero attached hydrogens (tertiary/aromatic N) is 3. The van der Waals surface area contributed by atoms with Gasteiger partial charge in [0.25, 0.3) is 0 Å². The van der Waals surface area contributed by atoms with Crippen molar-refractivity contribution in [2.75, 3.05) is 13.0 Å². The summed E-state index contributed by atoms with van der Waals surface area (Å²) < 4.78 is 7.73. The molecule has 0 bridgehead atoms. The van der Waals surface area contributed by atoms with Gasteiger partial charge in [0.05, 0.1) is 7.11 Å². The lowest BCUT2D eigenvalue weighted by atomic mass is 10.2. The van der Waals surface area contributed by atoms with E-state index < -0.39 is 0 Å². The molecule has 7 heteroatoms. The molecule has 0 aliphatic rings. The summed E-state index contributed by atoms with van der Waals surface area (Å²) in [5, 5.41) is 9.05. The van der Waals surface area contributed by atoms with Gasteiger partial charge in [-0.3, -0.25) is 0 Å². The first kappa shape index (κ1) is 15.9. The average molecular weight is 391 g/mol. The highest BCUT2D eigenvalue weighted by Gasteiger charge is 2.12. The highest BCUT2D eigenvalue weighted by Crippen LogP contribution is 2.26. The van der Waals surface area contributed by atoms with Crippen molar-refractivity contribution in [1.82, 2.24) is 14.9 Å². The lowest BCUT2D eigenvalue weighted by Crippen LogP contribution is -2.11. The maximum absolute atomic E-state index is 6.13. The fraction of sp³-hybridized carbons (Fsp3) is 0.125. The molecule has 3 rings (SSSR count). The molecule has 0 aliphatic carbocycles. The van der Waals surface area contributed by atoms with Crippen molar-refractivity contribution < 1.29 is 4.74 Å². The minimum Gasteiger partial charge on any atom is -0.497 e. The van der Waals surface area contributed by atoms with Gasteiger partial charge >= 0.3 is 0 Å². The Morgan fingerprint density at radius 3 is 2.65 bits per heavy atom. The number of ether oxygens (including phenoxy) is 1. The zero-order valence-corrected chi connectivity index (χ0v) is 14.8. The maximum Gasteiger partial charge on any atom is 0.210 e. The Bertz CT molecular complexity index is 804. The number of nitrogen functional groups attached to an aromatic ring is 1. The molecule has 0 atom stereocenters. The van der Waals surface area contributed by atoms with Crippen LogP contribution in [0.5, 0.6) is 5.75 Å². The predicted molar refractivity (Wildman–Crippen MR) is 95.9 cm³/mol. The Hall–Kier alpha value is -1.99. The minimum absolute atomic E-state index is 0.629. The van der Waals surface area contributed by atoms with E-state index >= 15 is 0 Å². The van der Waals surface area contributed by atoms with Gasteiger partial charge in [0.1, 0.15) is 5.75 Å². The summed E-state index contributed by atoms with van der Waals surface area (Å²) in [5.74, 6) is 8.33. The molecule has 0 amide bonds. The molecule has 3 aromatic rings. The van der Waals surface area contributed by atoms with E-state index in [0.29, 0.717) is 11.0 Å². The van der Waals surface area contributed by atoms with Gasteiger partial charge in [0.15, 0.2) is 5.82 Å². The molecule has 2 N–H and O–H groups in total. The van der Waals surface area contributed by atoms with Gasteiger partial charge in [0.2, 0.25) is 5.16 Å². The van der Waals surface area contributed by atoms with Gasteiger partial charge in [-0.15, -0.1) is 10.2 Å². The van der Waals surface area contributed by atoms with Crippen LogP contribution in [0.15, 0.2) is 58.2 Å². The number of hydrogen-bond acceptors (Lipinski definition) is 5. The van der Waals surface area contributed by atoms with E-state index in [1.54, 1.807) is 18.9 Å². The van der Waals surface area contributed by atoms with Crippen LogP contribution in [0.3, 0.4) is 0 Å². The van der Waals surface area contributed by atoms with Crippen LogP contribution in [0, 0.1) is 0 Å². The maximum atomic E-state index is 6.13. The van der Waals surface area contributed by atoms with Crippen LogP contribution in [0.4, 0.5) is 0 Å². The summed E-state index contributed by atoms with van der Waals surface area (Å²) in [4.78, 5) is 0. The van der Waals surface area contributed by atoms with Crippen LogP contribution >= 0.6 is 27.7 Å². The van der Waals surface area contributed by atoms with Crippen LogP contribution in [0.2, 0.25) is 0 Å². The van der Waals surface area contributed by atoms with Gasteiger partial charge in [-0.25, -0.2) is 4.68 Å². The molecular formula is C16H15BrN4OS. The van der Waals surface area contributed by atoms with Crippen LogP contribution < -0.4 is 10.6 Å². The van der Waals surface area contributed by atoms with Crippen molar-refractivity contribution in [2.24, 2.45) is 0 Å². The molecule has 23 heavy (non-hydrogen) atoms. The molecule has 0 unspecified atom stereocenters. The third-order valence-corrected chi connectivity index (χ3v) is 4.78. The fourth-order valence-corrected chi connectivity index (χ4v) is 3.33. The first-order valence-electron chi connectivity index (χ1n) is 6.89. The summed E-state index contributed by atoms with van der Waals surface area (Å²) in [6.07, 6.45) is 0. The number of aromatic nitrogens is 3. The molecule has 0 aliphatic heterocycles. The van der Waals surface area contributed by atoms with E-state index in [4.69, 9.17) is 10.6 Å². The topological polar surface area (TPSA) is 66.0 Å². The first-order chi connectivity index (χ1) is 11.2. The SMILES string of the molecule is COc1ccc(-c2nnc(SCc3cccc(Br)c3)n2N)cc1. The van der Waals surface area contributed by atoms with Crippen LogP contribution in [-0.2, 0) is 5.75 Å². The van der Waals surface area contributed by atoms with Crippen LogP contribution in [0.25, 0.3) is 11.4 Å². The van der Waals surface area contributed by atoms with Gasteiger partial charge in [-0.2, -0.15) is 0 Å². The molecule has 0 saturated heterocycles. The molecule has 2 aromatic carbocycles. The number of rotatable bonds is 5. The Morgan fingerprint density at radius 2 is 1.96 bits per heavy atom. The second-order valence-electron chi connectivity index (χ2n) is 4.82. The standard InChI is InChI=1S/C16H15BrN4OS/c1-22-14-7-5-12(6-8-14)15-19-20-16(21(15)18)23-10-11-3-2-4-13(17)9-11/h2-9H,10,18H2,1H3. The van der Waals surface area contributed by atoms with Crippen LogP contribution in [0.1, 0.15) is 5.56 Å². The summed E-state index contributed by atoms with van der Waals surface area (Å²) in [6.45, 7) is 0. The summed E-state index contributed by atoms with van der Waals surface area (Å²) in [6, 6.07) is 15.7. The number of hydrogen-bond donors (Lipinski definition) is 1. The zero-order valence-electron chi connectivity index (χ0n) is 12.4. The van der Waals surface area contributed by atoms with Gasteiger partial charge in [-0.1, -0.05) is 39.8 Å². The van der Waals surface area contributed by atoms with Crippen molar-refractivity contribution in [3.8, 4) is 17.1 Å². The number of thioether (sulfide) groups is 1. The predicted octanol–water partition coefficient (Wildman–Crippen LogP) is 3.72. The molecule has 0 spiro atoms. The molecular weight excluding hydrogens is 376 g/mol. The molecule has 118 valence electrons. The zero-order chi connectivity index (χ0) is 16.2. The third kappa shape index (κ3) is 3.68. The summed E-state index contributed by atoms with van der Waals surface area (Å²) in [5.41, 5.74) is 2.09. The van der Waals surface area contributed by atoms with E-state index in [-0.39, 0.29) is 0 Å². The van der Waals surface area contributed by atoms with Crippen LogP contribution in [-0.4, -0.2) is 22.0 Å². The molecule has 5 nitrogen and oxygen atoms in total. The molecule has 1 heterocycles. The second-order valence-corrected chi connectivity index (χ2v) is 6.68. The first-order valence-corrected chi connectivity index (χ1v) is 8.67. The highest BCUT2D eigenvalue weighted by molar-refractivity contribution is 9.10. The Labute approximate surface area is 147 Å². The number of benzene rings is 2. The molecule has 0 radical (unpaired) electrons. The summed E-state index contributed by atoms with van der Waals surface area (Å²) >= 11 is 5.02. The molecule has 0 saturated carbocycles. The average Bonchev–Trinajstić information content (AvgIpc) is 2.94. The second kappa shape index (κ2) is 7.06. The fourth-order valence-electron chi connectivity index (χ4n) is 2.09. The normalized spacial score (nSPS) is 10.7. The lowest BCUT2D eigenvalue weighted by molar-refractivity contribution is 0.415. The monoisotopic (exact) mass is 390 g/mol. The van der Waals surface area contributed by atoms with E-state index in [2.05, 4.69) is 38.3 Å². The van der Waals surface area contributed by atoms with Crippen molar-refractivity contribution in [2.45, 2.75) is 10.9 Å². The van der Waals surface area contributed by atoms with E-state index in [1.165, 1.54) is 10.2 Å². The smallest absolute Gasteiger partial charge is 0.210 e. The van der Waals surface area contributed by atoms with Crippen molar-refractivity contribution in [3.05, 3.63) is 58.6 Å². The Morgan fingerprint density at radius 1 is 1.17 bits per heavy atom. The minimum atomic E-state index is 0.629. The van der Waals surface area contributed by atoms with E-state index in [9.17, 15) is 0 Å². The third-order valence-electron chi connectivity index (χ3n) is 3.27. The van der Waals surface area contributed by atoms with Crippen molar-refractivity contribution in [3.63, 3.8) is 0 Å². The lowest BCUT2D eigenvalue weighted by Gasteiger charge is -2.05. The van der Waals surface area contributed by atoms with E-state index in [0.717, 1.165) is 21.5 Å². The highest BCUT2D eigenvalue weighted by atomic mass is 79.9.